The molecule has 1 unspecified atom stereocenters. The molecule has 0 saturated heterocycles. The zero-order valence-corrected chi connectivity index (χ0v) is 14.9. The normalized spacial score (nSPS) is 13.2. The molecule has 0 heterocycles. The van der Waals surface area contributed by atoms with E-state index in [9.17, 15) is 8.42 Å². The molecule has 1 rings (SSSR count). The minimum absolute atomic E-state index is 0.456. The number of aryl methyl sites for hydroxylation is 2. The molecule has 0 saturated carbocycles. The van der Waals surface area contributed by atoms with Crippen molar-refractivity contribution in [3.05, 3.63) is 27.7 Å². The lowest BCUT2D eigenvalue weighted by Gasteiger charge is -2.16. The van der Waals surface area contributed by atoms with Crippen molar-refractivity contribution < 1.29 is 8.42 Å². The van der Waals surface area contributed by atoms with Crippen LogP contribution in [-0.4, -0.2) is 26.8 Å². The number of halogens is 1. The maximum Gasteiger partial charge on any atom is 0.236 e. The van der Waals surface area contributed by atoms with E-state index in [4.69, 9.17) is 0 Å². The highest BCUT2D eigenvalue weighted by atomic mass is 79.9. The molecule has 6 heteroatoms. The van der Waals surface area contributed by atoms with Gasteiger partial charge in [-0.1, -0.05) is 22.9 Å². The number of nitrogens with one attached hydrogen (secondary N) is 2. The van der Waals surface area contributed by atoms with Crippen LogP contribution in [0.3, 0.4) is 0 Å². The van der Waals surface area contributed by atoms with E-state index in [1.165, 1.54) is 0 Å². The van der Waals surface area contributed by atoms with Gasteiger partial charge in [-0.2, -0.15) is 0 Å². The zero-order chi connectivity index (χ0) is 15.3. The first kappa shape index (κ1) is 17.5. The van der Waals surface area contributed by atoms with Crippen molar-refractivity contribution in [1.29, 1.82) is 0 Å². The molecule has 114 valence electrons. The van der Waals surface area contributed by atoms with Gasteiger partial charge in [0.25, 0.3) is 0 Å². The van der Waals surface area contributed by atoms with Crippen molar-refractivity contribution >= 4 is 31.6 Å². The van der Waals surface area contributed by atoms with Gasteiger partial charge in [0.15, 0.2) is 0 Å². The summed E-state index contributed by atoms with van der Waals surface area (Å²) in [6.45, 7) is 8.94. The monoisotopic (exact) mass is 362 g/mol. The fourth-order valence-electron chi connectivity index (χ4n) is 1.86. The predicted octanol–water partition coefficient (Wildman–Crippen LogP) is 3.20. The van der Waals surface area contributed by atoms with Crippen molar-refractivity contribution in [3.63, 3.8) is 0 Å². The van der Waals surface area contributed by atoms with Gasteiger partial charge in [-0.15, -0.1) is 0 Å². The van der Waals surface area contributed by atoms with Gasteiger partial charge in [0.05, 0.1) is 5.25 Å². The van der Waals surface area contributed by atoms with Gasteiger partial charge in [0.2, 0.25) is 10.0 Å². The maximum atomic E-state index is 12.2. The largest absolute Gasteiger partial charge is 0.315 e. The summed E-state index contributed by atoms with van der Waals surface area (Å²) in [5.74, 6) is 0. The summed E-state index contributed by atoms with van der Waals surface area (Å²) < 4.78 is 28.2. The summed E-state index contributed by atoms with van der Waals surface area (Å²) in [5.41, 5.74) is 2.64. The Hall–Kier alpha value is -0.590. The lowest BCUT2D eigenvalue weighted by Crippen LogP contribution is -2.35. The second kappa shape index (κ2) is 7.43. The maximum absolute atomic E-state index is 12.2. The van der Waals surface area contributed by atoms with Gasteiger partial charge in [-0.3, -0.25) is 4.72 Å². The van der Waals surface area contributed by atoms with Crippen LogP contribution in [0.4, 0.5) is 5.69 Å². The molecule has 0 amide bonds. The zero-order valence-electron chi connectivity index (χ0n) is 12.5. The van der Waals surface area contributed by atoms with Gasteiger partial charge >= 0.3 is 0 Å². The van der Waals surface area contributed by atoms with E-state index in [0.717, 1.165) is 28.6 Å². The van der Waals surface area contributed by atoms with Crippen LogP contribution in [0.5, 0.6) is 0 Å². The molecule has 20 heavy (non-hydrogen) atoms. The van der Waals surface area contributed by atoms with Crippen LogP contribution in [0.1, 0.15) is 31.4 Å². The third kappa shape index (κ3) is 4.75. The summed E-state index contributed by atoms with van der Waals surface area (Å²) >= 11 is 3.48. The molecule has 0 aliphatic rings. The highest BCUT2D eigenvalue weighted by Crippen LogP contribution is 2.25. The number of hydrogen-bond donors (Lipinski definition) is 2. The minimum Gasteiger partial charge on any atom is -0.315 e. The Morgan fingerprint density at radius 2 is 1.80 bits per heavy atom. The van der Waals surface area contributed by atoms with E-state index in [1.54, 1.807) is 6.92 Å². The minimum atomic E-state index is -3.37. The first-order valence-corrected chi connectivity index (χ1v) is 9.11. The molecule has 4 nitrogen and oxygen atoms in total. The Morgan fingerprint density at radius 3 is 2.30 bits per heavy atom. The molecule has 0 spiro atoms. The van der Waals surface area contributed by atoms with E-state index < -0.39 is 15.3 Å². The van der Waals surface area contributed by atoms with E-state index in [2.05, 4.69) is 32.9 Å². The van der Waals surface area contributed by atoms with E-state index in [-0.39, 0.29) is 0 Å². The molecular weight excluding hydrogens is 340 g/mol. The van der Waals surface area contributed by atoms with Crippen molar-refractivity contribution in [2.45, 2.75) is 39.4 Å². The average molecular weight is 363 g/mol. The Labute approximate surface area is 130 Å². The Bertz CT molecular complexity index is 535. The Kier molecular flexibility index (Phi) is 6.48. The lowest BCUT2D eigenvalue weighted by atomic mass is 10.1. The third-order valence-corrected chi connectivity index (χ3v) is 6.08. The first-order valence-electron chi connectivity index (χ1n) is 6.77. The van der Waals surface area contributed by atoms with Gasteiger partial charge in [-0.05, 0) is 57.0 Å². The van der Waals surface area contributed by atoms with Gasteiger partial charge in [0, 0.05) is 16.7 Å². The fourth-order valence-corrected chi connectivity index (χ4v) is 3.08. The molecule has 0 aromatic heterocycles. The predicted molar refractivity (Wildman–Crippen MR) is 88.8 cm³/mol. The lowest BCUT2D eigenvalue weighted by molar-refractivity contribution is 0.576. The van der Waals surface area contributed by atoms with Crippen molar-refractivity contribution in [1.82, 2.24) is 5.32 Å². The highest BCUT2D eigenvalue weighted by Gasteiger charge is 2.20. The van der Waals surface area contributed by atoms with Crippen molar-refractivity contribution in [3.8, 4) is 0 Å². The summed E-state index contributed by atoms with van der Waals surface area (Å²) in [6.07, 6.45) is 0.991. The molecule has 1 aromatic carbocycles. The average Bonchev–Trinajstić information content (AvgIpc) is 2.35. The van der Waals surface area contributed by atoms with Crippen LogP contribution < -0.4 is 10.0 Å². The fraction of sp³-hybridized carbons (Fsp3) is 0.571. The van der Waals surface area contributed by atoms with Crippen molar-refractivity contribution in [2.24, 2.45) is 0 Å². The molecule has 0 bridgehead atoms. The summed E-state index contributed by atoms with van der Waals surface area (Å²) in [4.78, 5) is 0. The topological polar surface area (TPSA) is 58.2 Å². The SMILES string of the molecule is CCCNCC(C)S(=O)(=O)Nc1cc(C)c(Br)c(C)c1. The highest BCUT2D eigenvalue weighted by molar-refractivity contribution is 9.10. The molecule has 0 aliphatic carbocycles. The molecular formula is C14H23BrN2O2S. The van der Waals surface area contributed by atoms with Crippen molar-refractivity contribution in [2.75, 3.05) is 17.8 Å². The number of benzene rings is 1. The van der Waals surface area contributed by atoms with Crippen LogP contribution >= 0.6 is 15.9 Å². The standard InChI is InChI=1S/C14H23BrN2O2S/c1-5-6-16-9-12(4)20(18,19)17-13-7-10(2)14(15)11(3)8-13/h7-8,12,16-17H,5-6,9H2,1-4H3. The quantitative estimate of drug-likeness (QED) is 0.732. The second-order valence-electron chi connectivity index (χ2n) is 5.09. The summed E-state index contributed by atoms with van der Waals surface area (Å²) in [7, 11) is -3.37. The second-order valence-corrected chi connectivity index (χ2v) is 7.98. The van der Waals surface area contributed by atoms with Crippen LogP contribution in [-0.2, 0) is 10.0 Å². The number of hydrogen-bond acceptors (Lipinski definition) is 3. The number of rotatable bonds is 7. The Morgan fingerprint density at radius 1 is 1.25 bits per heavy atom. The molecule has 2 N–H and O–H groups in total. The number of sulfonamides is 1. The smallest absolute Gasteiger partial charge is 0.236 e. The number of anilines is 1. The van der Waals surface area contributed by atoms with Gasteiger partial charge in [-0.25, -0.2) is 8.42 Å². The third-order valence-electron chi connectivity index (χ3n) is 3.08. The van der Waals surface area contributed by atoms with Crippen LogP contribution in [0, 0.1) is 13.8 Å². The van der Waals surface area contributed by atoms with Crippen LogP contribution in [0.25, 0.3) is 0 Å². The van der Waals surface area contributed by atoms with E-state index in [0.29, 0.717) is 12.2 Å². The molecule has 1 aromatic rings. The van der Waals surface area contributed by atoms with E-state index >= 15 is 0 Å². The van der Waals surface area contributed by atoms with Crippen LogP contribution in [0.15, 0.2) is 16.6 Å². The summed E-state index contributed by atoms with van der Waals surface area (Å²) in [6, 6.07) is 3.67. The molecule has 0 radical (unpaired) electrons. The first-order chi connectivity index (χ1) is 9.27. The molecule has 0 aliphatic heterocycles. The Balaban J connectivity index is 2.80. The van der Waals surface area contributed by atoms with E-state index in [1.807, 2.05) is 26.0 Å². The molecule has 1 atom stereocenters. The van der Waals surface area contributed by atoms with Crippen LogP contribution in [0.2, 0.25) is 0 Å². The summed E-state index contributed by atoms with van der Waals surface area (Å²) in [5, 5.41) is 2.66. The van der Waals surface area contributed by atoms with Gasteiger partial charge in [0.1, 0.15) is 0 Å². The van der Waals surface area contributed by atoms with Gasteiger partial charge < -0.3 is 5.32 Å². The molecule has 0 fully saturated rings.